The second-order valence-electron chi connectivity index (χ2n) is 3.74. The van der Waals surface area contributed by atoms with Crippen LogP contribution in [0, 0.1) is 5.92 Å². The number of esters is 2. The molecule has 0 bridgehead atoms. The van der Waals surface area contributed by atoms with Gasteiger partial charge in [-0.05, 0) is 5.56 Å². The molecule has 7 nitrogen and oxygen atoms in total. The van der Waals surface area contributed by atoms with Crippen molar-refractivity contribution in [3.63, 3.8) is 0 Å². The van der Waals surface area contributed by atoms with E-state index in [0.29, 0.717) is 5.56 Å². The maximum Gasteiger partial charge on any atom is 0.506 e. The molecule has 0 aliphatic rings. The minimum atomic E-state index is -1.61. The molecule has 1 rings (SSSR count). The molecule has 0 amide bonds. The van der Waals surface area contributed by atoms with Gasteiger partial charge in [0.2, 0.25) is 0 Å². The van der Waals surface area contributed by atoms with Crippen molar-refractivity contribution in [2.45, 2.75) is 6.10 Å². The third kappa shape index (κ3) is 3.71. The van der Waals surface area contributed by atoms with E-state index in [-0.39, 0.29) is 0 Å². The molecule has 0 saturated carbocycles. The molecule has 0 aliphatic heterocycles. The van der Waals surface area contributed by atoms with Crippen LogP contribution in [0.4, 0.5) is 4.79 Å². The van der Waals surface area contributed by atoms with E-state index >= 15 is 0 Å². The summed E-state index contributed by atoms with van der Waals surface area (Å²) in [5, 5.41) is 8.78. The van der Waals surface area contributed by atoms with Crippen LogP contribution in [0.15, 0.2) is 30.3 Å². The molecule has 108 valence electrons. The van der Waals surface area contributed by atoms with Crippen LogP contribution in [0.3, 0.4) is 0 Å². The number of carboxylic acid groups (broad SMARTS) is 1. The Morgan fingerprint density at radius 1 is 1.00 bits per heavy atom. The summed E-state index contributed by atoms with van der Waals surface area (Å²) >= 11 is 0. The second kappa shape index (κ2) is 7.13. The lowest BCUT2D eigenvalue weighted by Crippen LogP contribution is -2.34. The van der Waals surface area contributed by atoms with Crippen LogP contribution < -0.4 is 0 Å². The quantitative estimate of drug-likeness (QED) is 0.494. The average molecular weight is 282 g/mol. The van der Waals surface area contributed by atoms with Crippen molar-refractivity contribution in [1.29, 1.82) is 0 Å². The molecule has 0 radical (unpaired) electrons. The summed E-state index contributed by atoms with van der Waals surface area (Å²) < 4.78 is 13.7. The molecule has 0 saturated heterocycles. The average Bonchev–Trinajstić information content (AvgIpc) is 2.46. The number of ether oxygens (including phenoxy) is 3. The molecule has 0 aromatic heterocycles. The molecule has 1 atom stereocenters. The fourth-order valence-corrected chi connectivity index (χ4v) is 1.68. The van der Waals surface area contributed by atoms with Gasteiger partial charge in [0.15, 0.2) is 12.0 Å². The van der Waals surface area contributed by atoms with Gasteiger partial charge in [-0.25, -0.2) is 4.79 Å². The van der Waals surface area contributed by atoms with Crippen molar-refractivity contribution in [1.82, 2.24) is 0 Å². The van der Waals surface area contributed by atoms with E-state index in [4.69, 9.17) is 5.11 Å². The largest absolute Gasteiger partial charge is 0.506 e. The van der Waals surface area contributed by atoms with Crippen LogP contribution in [-0.4, -0.2) is 37.4 Å². The predicted molar refractivity (Wildman–Crippen MR) is 65.8 cm³/mol. The van der Waals surface area contributed by atoms with E-state index < -0.39 is 30.1 Å². The zero-order valence-electron chi connectivity index (χ0n) is 10.9. The van der Waals surface area contributed by atoms with E-state index in [9.17, 15) is 14.4 Å². The summed E-state index contributed by atoms with van der Waals surface area (Å²) in [7, 11) is 2.17. The zero-order valence-corrected chi connectivity index (χ0v) is 10.9. The van der Waals surface area contributed by atoms with Crippen LogP contribution in [0.25, 0.3) is 0 Å². The van der Waals surface area contributed by atoms with Gasteiger partial charge in [-0.1, -0.05) is 30.3 Å². The van der Waals surface area contributed by atoms with E-state index in [1.54, 1.807) is 18.2 Å². The highest BCUT2D eigenvalue weighted by Gasteiger charge is 2.40. The molecule has 1 unspecified atom stereocenters. The maximum atomic E-state index is 11.7. The van der Waals surface area contributed by atoms with Gasteiger partial charge in [0.1, 0.15) is 0 Å². The SMILES string of the molecule is COC(=O)C(C(=O)OC)C(OC(=O)O)c1ccccc1. The van der Waals surface area contributed by atoms with Crippen molar-refractivity contribution in [3.05, 3.63) is 35.9 Å². The lowest BCUT2D eigenvalue weighted by molar-refractivity contribution is -0.164. The van der Waals surface area contributed by atoms with Crippen LogP contribution in [0.1, 0.15) is 11.7 Å². The topological polar surface area (TPSA) is 99.1 Å². The number of carbonyl (C=O) groups excluding carboxylic acids is 2. The third-order valence-electron chi connectivity index (χ3n) is 2.57. The lowest BCUT2D eigenvalue weighted by atomic mass is 9.95. The minimum absolute atomic E-state index is 0.343. The summed E-state index contributed by atoms with van der Waals surface area (Å²) in [5.74, 6) is -3.40. The number of rotatable bonds is 5. The van der Waals surface area contributed by atoms with Crippen LogP contribution >= 0.6 is 0 Å². The van der Waals surface area contributed by atoms with Crippen LogP contribution in [0.2, 0.25) is 0 Å². The van der Waals surface area contributed by atoms with Gasteiger partial charge in [0, 0.05) is 0 Å². The van der Waals surface area contributed by atoms with Crippen molar-refractivity contribution < 1.29 is 33.7 Å². The zero-order chi connectivity index (χ0) is 15.1. The molecular weight excluding hydrogens is 268 g/mol. The highest BCUT2D eigenvalue weighted by molar-refractivity contribution is 5.96. The van der Waals surface area contributed by atoms with Gasteiger partial charge >= 0.3 is 18.1 Å². The molecule has 0 heterocycles. The number of hydrogen-bond acceptors (Lipinski definition) is 6. The Bertz CT molecular complexity index is 467. The van der Waals surface area contributed by atoms with Crippen LogP contribution in [-0.2, 0) is 23.8 Å². The molecule has 0 aliphatic carbocycles. The molecule has 0 fully saturated rings. The first-order valence-electron chi connectivity index (χ1n) is 5.61. The van der Waals surface area contributed by atoms with Gasteiger partial charge in [0.25, 0.3) is 0 Å². The van der Waals surface area contributed by atoms with E-state index in [1.165, 1.54) is 12.1 Å². The Morgan fingerprint density at radius 2 is 1.50 bits per heavy atom. The molecule has 20 heavy (non-hydrogen) atoms. The number of carbonyl (C=O) groups is 3. The first-order chi connectivity index (χ1) is 9.51. The smallest absolute Gasteiger partial charge is 0.468 e. The van der Waals surface area contributed by atoms with Gasteiger partial charge in [0.05, 0.1) is 14.2 Å². The Hall–Kier alpha value is -2.57. The fraction of sp³-hybridized carbons (Fsp3) is 0.308. The van der Waals surface area contributed by atoms with E-state index in [1.807, 2.05) is 0 Å². The monoisotopic (exact) mass is 282 g/mol. The Kier molecular flexibility index (Phi) is 5.52. The summed E-state index contributed by atoms with van der Waals surface area (Å²) in [6.45, 7) is 0. The Balaban J connectivity index is 3.21. The van der Waals surface area contributed by atoms with Crippen LogP contribution in [0.5, 0.6) is 0 Å². The fourth-order valence-electron chi connectivity index (χ4n) is 1.68. The van der Waals surface area contributed by atoms with Gasteiger partial charge < -0.3 is 19.3 Å². The highest BCUT2D eigenvalue weighted by Crippen LogP contribution is 2.28. The predicted octanol–water partition coefficient (Wildman–Crippen LogP) is 1.38. The highest BCUT2D eigenvalue weighted by atomic mass is 16.7. The van der Waals surface area contributed by atoms with Gasteiger partial charge in [-0.15, -0.1) is 0 Å². The van der Waals surface area contributed by atoms with Crippen molar-refractivity contribution in [2.24, 2.45) is 5.92 Å². The van der Waals surface area contributed by atoms with E-state index in [0.717, 1.165) is 14.2 Å². The molecule has 1 aromatic rings. The molecule has 0 spiro atoms. The number of methoxy groups -OCH3 is 2. The van der Waals surface area contributed by atoms with Crippen molar-refractivity contribution in [3.8, 4) is 0 Å². The second-order valence-corrected chi connectivity index (χ2v) is 3.74. The van der Waals surface area contributed by atoms with Crippen molar-refractivity contribution >= 4 is 18.1 Å². The molecule has 1 aromatic carbocycles. The Morgan fingerprint density at radius 3 is 1.90 bits per heavy atom. The third-order valence-corrected chi connectivity index (χ3v) is 2.57. The maximum absolute atomic E-state index is 11.7. The summed E-state index contributed by atoms with van der Waals surface area (Å²) in [6.07, 6.45) is -2.95. The first-order valence-corrected chi connectivity index (χ1v) is 5.61. The molecular formula is C13H14O7. The molecule has 1 N–H and O–H groups in total. The van der Waals surface area contributed by atoms with Gasteiger partial charge in [-0.3, -0.25) is 9.59 Å². The van der Waals surface area contributed by atoms with Gasteiger partial charge in [-0.2, -0.15) is 0 Å². The standard InChI is InChI=1S/C13H14O7/c1-18-11(14)9(12(15)19-2)10(20-13(16)17)8-6-4-3-5-7-8/h3-7,9-10H,1-2H3,(H,16,17). The Labute approximate surface area is 115 Å². The normalized spacial score (nSPS) is 11.6. The molecule has 7 heteroatoms. The lowest BCUT2D eigenvalue weighted by Gasteiger charge is -2.22. The number of hydrogen-bond donors (Lipinski definition) is 1. The van der Waals surface area contributed by atoms with E-state index in [2.05, 4.69) is 14.2 Å². The summed E-state index contributed by atoms with van der Waals surface area (Å²) in [5.41, 5.74) is 0.343. The van der Waals surface area contributed by atoms with Crippen molar-refractivity contribution in [2.75, 3.05) is 14.2 Å². The summed E-state index contributed by atoms with van der Waals surface area (Å²) in [4.78, 5) is 34.2. The minimum Gasteiger partial charge on any atom is -0.468 e. The summed E-state index contributed by atoms with van der Waals surface area (Å²) in [6, 6.07) is 8.02. The number of benzene rings is 1. The first kappa shape index (κ1) is 15.5.